The number of nitrogens with two attached hydrogens (primary N) is 1. The molecule has 1 heterocycles. The van der Waals surface area contributed by atoms with E-state index in [1.807, 2.05) is 26.8 Å². The van der Waals surface area contributed by atoms with Crippen molar-refractivity contribution in [3.05, 3.63) is 10.9 Å². The fourth-order valence-corrected chi connectivity index (χ4v) is 2.26. The number of ketones is 1. The van der Waals surface area contributed by atoms with Crippen molar-refractivity contribution in [2.24, 2.45) is 5.92 Å². The molecule has 0 fully saturated rings. The van der Waals surface area contributed by atoms with Gasteiger partial charge in [0.1, 0.15) is 0 Å². The van der Waals surface area contributed by atoms with Gasteiger partial charge in [0, 0.05) is 12.5 Å². The second-order valence-electron chi connectivity index (χ2n) is 3.44. The van der Waals surface area contributed by atoms with Crippen molar-refractivity contribution in [1.29, 1.82) is 0 Å². The van der Waals surface area contributed by atoms with Crippen molar-refractivity contribution >= 4 is 27.8 Å². The Hall–Kier alpha value is -1.03. The molecule has 0 atom stereocenters. The van der Waals surface area contributed by atoms with Gasteiger partial charge in [0.25, 0.3) is 0 Å². The average Bonchev–Trinajstić information content (AvgIpc) is 2.46. The topological polar surface area (TPSA) is 55.1 Å². The van der Waals surface area contributed by atoms with Gasteiger partial charge in [0.2, 0.25) is 0 Å². The van der Waals surface area contributed by atoms with Crippen LogP contribution in [0.3, 0.4) is 0 Å². The summed E-state index contributed by atoms with van der Waals surface area (Å²) in [5, 5.41) is 4.12. The minimum Gasteiger partial charge on any atom is -0.397 e. The molecule has 0 aliphatic carbocycles. The highest BCUT2D eigenvalue weighted by Crippen LogP contribution is 2.30. The molecule has 1 rings (SSSR count). The molecule has 1 aromatic rings. The Morgan fingerprint density at radius 2 is 2.29 bits per heavy atom. The molecule has 0 saturated heterocycles. The van der Waals surface area contributed by atoms with Crippen LogP contribution in [0, 0.1) is 5.92 Å². The highest BCUT2D eigenvalue weighted by atomic mass is 32.1. The predicted molar refractivity (Wildman–Crippen MR) is 62.1 cm³/mol. The molecule has 1 aromatic heterocycles. The van der Waals surface area contributed by atoms with Gasteiger partial charge < -0.3 is 11.1 Å². The van der Waals surface area contributed by atoms with Gasteiger partial charge in [0.05, 0.1) is 15.6 Å². The van der Waals surface area contributed by atoms with Crippen LogP contribution in [0.2, 0.25) is 0 Å². The first-order chi connectivity index (χ1) is 6.56. The van der Waals surface area contributed by atoms with Crippen LogP contribution in [-0.4, -0.2) is 12.3 Å². The summed E-state index contributed by atoms with van der Waals surface area (Å²) in [5.74, 6) is 0.127. The number of nitrogen functional groups attached to an aromatic ring is 1. The normalized spacial score (nSPS) is 10.6. The highest BCUT2D eigenvalue weighted by Gasteiger charge is 2.16. The quantitative estimate of drug-likeness (QED) is 0.754. The Balaban J connectivity index is 2.92. The molecule has 3 nitrogen and oxygen atoms in total. The molecular weight excluding hydrogens is 196 g/mol. The van der Waals surface area contributed by atoms with E-state index in [2.05, 4.69) is 5.32 Å². The summed E-state index contributed by atoms with van der Waals surface area (Å²) in [6.45, 7) is 6.62. The molecule has 0 spiro atoms. The van der Waals surface area contributed by atoms with E-state index in [1.165, 1.54) is 11.3 Å². The van der Waals surface area contributed by atoms with Crippen LogP contribution in [0.25, 0.3) is 0 Å². The molecule has 0 aromatic carbocycles. The monoisotopic (exact) mass is 212 g/mol. The van der Waals surface area contributed by atoms with Crippen LogP contribution in [0.15, 0.2) is 6.07 Å². The van der Waals surface area contributed by atoms with Gasteiger partial charge >= 0.3 is 0 Å². The van der Waals surface area contributed by atoms with Gasteiger partial charge in [-0.2, -0.15) is 0 Å². The second-order valence-corrected chi connectivity index (χ2v) is 4.50. The van der Waals surface area contributed by atoms with Crippen molar-refractivity contribution in [2.75, 3.05) is 17.6 Å². The molecule has 0 amide bonds. The predicted octanol–water partition coefficient (Wildman–Crippen LogP) is 2.60. The maximum atomic E-state index is 11.7. The summed E-state index contributed by atoms with van der Waals surface area (Å²) in [7, 11) is 0. The number of nitrogens with one attached hydrogen (secondary N) is 1. The molecule has 4 heteroatoms. The van der Waals surface area contributed by atoms with Crippen molar-refractivity contribution < 1.29 is 4.79 Å². The zero-order valence-corrected chi connectivity index (χ0v) is 9.57. The molecule has 0 aliphatic rings. The zero-order chi connectivity index (χ0) is 10.7. The average molecular weight is 212 g/mol. The summed E-state index contributed by atoms with van der Waals surface area (Å²) >= 11 is 1.43. The third kappa shape index (κ3) is 2.26. The van der Waals surface area contributed by atoms with Gasteiger partial charge in [0.15, 0.2) is 5.78 Å². The summed E-state index contributed by atoms with van der Waals surface area (Å²) in [6, 6.07) is 1.82. The molecule has 78 valence electrons. The first kappa shape index (κ1) is 11.0. The van der Waals surface area contributed by atoms with E-state index < -0.39 is 0 Å². The summed E-state index contributed by atoms with van der Waals surface area (Å²) in [5.41, 5.74) is 6.35. The van der Waals surface area contributed by atoms with Crippen LogP contribution < -0.4 is 11.1 Å². The SMILES string of the molecule is CCNc1cc(N)c(C(=O)C(C)C)s1. The summed E-state index contributed by atoms with van der Waals surface area (Å²) in [4.78, 5) is 12.4. The van der Waals surface area contributed by atoms with E-state index in [0.717, 1.165) is 11.5 Å². The molecule has 0 aliphatic heterocycles. The maximum absolute atomic E-state index is 11.7. The zero-order valence-electron chi connectivity index (χ0n) is 8.76. The molecule has 14 heavy (non-hydrogen) atoms. The fourth-order valence-electron chi connectivity index (χ4n) is 1.12. The molecule has 0 unspecified atom stereocenters. The molecule has 0 bridgehead atoms. The van der Waals surface area contributed by atoms with Crippen molar-refractivity contribution in [3.63, 3.8) is 0 Å². The van der Waals surface area contributed by atoms with E-state index >= 15 is 0 Å². The lowest BCUT2D eigenvalue weighted by molar-refractivity contribution is 0.0944. The van der Waals surface area contributed by atoms with Crippen LogP contribution in [0.1, 0.15) is 30.4 Å². The van der Waals surface area contributed by atoms with E-state index in [4.69, 9.17) is 5.73 Å². The van der Waals surface area contributed by atoms with E-state index in [0.29, 0.717) is 10.6 Å². The maximum Gasteiger partial charge on any atom is 0.177 e. The van der Waals surface area contributed by atoms with Crippen LogP contribution in [0.5, 0.6) is 0 Å². The first-order valence-electron chi connectivity index (χ1n) is 4.73. The van der Waals surface area contributed by atoms with Gasteiger partial charge in [-0.1, -0.05) is 13.8 Å². The second kappa shape index (κ2) is 4.46. The van der Waals surface area contributed by atoms with Crippen molar-refractivity contribution in [3.8, 4) is 0 Å². The lowest BCUT2D eigenvalue weighted by Gasteiger charge is -2.01. The van der Waals surface area contributed by atoms with Gasteiger partial charge in [-0.3, -0.25) is 4.79 Å². The van der Waals surface area contributed by atoms with Gasteiger partial charge in [-0.25, -0.2) is 0 Å². The largest absolute Gasteiger partial charge is 0.397 e. The number of carbonyl (C=O) groups excluding carboxylic acids is 1. The third-order valence-corrected chi connectivity index (χ3v) is 2.98. The third-order valence-electron chi connectivity index (χ3n) is 1.86. The van der Waals surface area contributed by atoms with Gasteiger partial charge in [-0.05, 0) is 13.0 Å². The minimum atomic E-state index is 0.00502. The fraction of sp³-hybridized carbons (Fsp3) is 0.500. The summed E-state index contributed by atoms with van der Waals surface area (Å²) in [6.07, 6.45) is 0. The first-order valence-corrected chi connectivity index (χ1v) is 5.55. The van der Waals surface area contributed by atoms with E-state index in [-0.39, 0.29) is 11.7 Å². The number of rotatable bonds is 4. The number of hydrogen-bond donors (Lipinski definition) is 2. The van der Waals surface area contributed by atoms with Gasteiger partial charge in [-0.15, -0.1) is 11.3 Å². The Morgan fingerprint density at radius 1 is 1.64 bits per heavy atom. The van der Waals surface area contributed by atoms with Crippen molar-refractivity contribution in [1.82, 2.24) is 0 Å². The lowest BCUT2D eigenvalue weighted by atomic mass is 10.1. The smallest absolute Gasteiger partial charge is 0.177 e. The number of carbonyl (C=O) groups is 1. The van der Waals surface area contributed by atoms with E-state index in [9.17, 15) is 4.79 Å². The highest BCUT2D eigenvalue weighted by molar-refractivity contribution is 7.18. The molecular formula is C10H16N2OS. The van der Waals surface area contributed by atoms with Crippen LogP contribution >= 0.6 is 11.3 Å². The minimum absolute atomic E-state index is 0.00502. The standard InChI is InChI=1S/C10H16N2OS/c1-4-12-8-5-7(11)10(14-8)9(13)6(2)3/h5-6,12H,4,11H2,1-3H3. The molecule has 0 radical (unpaired) electrons. The molecule has 3 N–H and O–H groups in total. The Bertz CT molecular complexity index is 331. The Kier molecular flexibility index (Phi) is 3.52. The number of anilines is 2. The molecule has 0 saturated carbocycles. The number of Topliss-reactive ketones (excluding diaryl/α,β-unsaturated/α-hetero) is 1. The summed E-state index contributed by atoms with van der Waals surface area (Å²) < 4.78 is 0. The Morgan fingerprint density at radius 3 is 2.79 bits per heavy atom. The van der Waals surface area contributed by atoms with E-state index in [1.54, 1.807) is 0 Å². The van der Waals surface area contributed by atoms with Crippen LogP contribution in [0.4, 0.5) is 10.7 Å². The van der Waals surface area contributed by atoms with Crippen LogP contribution in [-0.2, 0) is 0 Å². The number of thiophene rings is 1. The Labute approximate surface area is 88.3 Å². The number of hydrogen-bond acceptors (Lipinski definition) is 4. The lowest BCUT2D eigenvalue weighted by Crippen LogP contribution is -2.07. The van der Waals surface area contributed by atoms with Crippen molar-refractivity contribution in [2.45, 2.75) is 20.8 Å².